The van der Waals surface area contributed by atoms with Crippen LogP contribution in [0.25, 0.3) is 10.2 Å². The van der Waals surface area contributed by atoms with Gasteiger partial charge in [-0.1, -0.05) is 17.4 Å². The fourth-order valence-corrected chi connectivity index (χ4v) is 5.84. The number of fused-ring (bicyclic) bond motifs is 1. The van der Waals surface area contributed by atoms with Crippen molar-refractivity contribution in [3.63, 3.8) is 0 Å². The Morgan fingerprint density at radius 1 is 1.17 bits per heavy atom. The molecule has 0 spiro atoms. The van der Waals surface area contributed by atoms with Crippen LogP contribution in [0, 0.1) is 18.7 Å². The summed E-state index contributed by atoms with van der Waals surface area (Å²) in [5.41, 5.74) is 1.98. The van der Waals surface area contributed by atoms with Crippen molar-refractivity contribution in [2.24, 2.45) is 5.92 Å². The van der Waals surface area contributed by atoms with Gasteiger partial charge in [0.2, 0.25) is 15.9 Å². The average molecular weight is 434 g/mol. The summed E-state index contributed by atoms with van der Waals surface area (Å²) in [5, 5.41) is 3.42. The monoisotopic (exact) mass is 433 g/mol. The second kappa shape index (κ2) is 7.81. The highest BCUT2D eigenvalue weighted by Crippen LogP contribution is 2.29. The predicted octanol–water partition coefficient (Wildman–Crippen LogP) is 3.78. The molecule has 0 radical (unpaired) electrons. The van der Waals surface area contributed by atoms with E-state index in [0.717, 1.165) is 27.9 Å². The summed E-state index contributed by atoms with van der Waals surface area (Å²) < 4.78 is 40.8. The number of anilines is 1. The molecule has 0 saturated carbocycles. The molecule has 0 bridgehead atoms. The molecule has 4 rings (SSSR count). The van der Waals surface area contributed by atoms with Gasteiger partial charge < -0.3 is 5.32 Å². The van der Waals surface area contributed by atoms with Gasteiger partial charge in [-0.3, -0.25) is 4.79 Å². The number of carbonyl (C=O) groups is 1. The lowest BCUT2D eigenvalue weighted by Crippen LogP contribution is -2.41. The molecule has 1 fully saturated rings. The van der Waals surface area contributed by atoms with E-state index in [9.17, 15) is 17.6 Å². The SMILES string of the molecule is Cc1ccc2nc(NC(=O)C3CCN(S(=O)(=O)c4ccc(F)cc4)CC3)sc2c1. The van der Waals surface area contributed by atoms with Gasteiger partial charge in [0.1, 0.15) is 5.82 Å². The Kier molecular flexibility index (Phi) is 5.37. The summed E-state index contributed by atoms with van der Waals surface area (Å²) in [4.78, 5) is 17.1. The van der Waals surface area contributed by atoms with Crippen molar-refractivity contribution in [3.8, 4) is 0 Å². The summed E-state index contributed by atoms with van der Waals surface area (Å²) >= 11 is 1.43. The number of piperidine rings is 1. The molecule has 2 aromatic carbocycles. The molecule has 1 saturated heterocycles. The number of benzene rings is 2. The minimum Gasteiger partial charge on any atom is -0.302 e. The molecule has 0 atom stereocenters. The molecule has 0 unspecified atom stereocenters. The standard InChI is InChI=1S/C20H20FN3O3S2/c1-13-2-7-17-18(12-13)28-20(22-17)23-19(25)14-8-10-24(11-9-14)29(26,27)16-5-3-15(21)4-6-16/h2-7,12,14H,8-11H2,1H3,(H,22,23,25). The van der Waals surface area contributed by atoms with Crippen LogP contribution < -0.4 is 5.32 Å². The number of hydrogen-bond acceptors (Lipinski definition) is 5. The van der Waals surface area contributed by atoms with Gasteiger partial charge >= 0.3 is 0 Å². The van der Waals surface area contributed by atoms with Crippen LogP contribution in [0.4, 0.5) is 9.52 Å². The van der Waals surface area contributed by atoms with E-state index < -0.39 is 15.8 Å². The molecule has 1 aromatic heterocycles. The first-order chi connectivity index (χ1) is 13.8. The molecule has 9 heteroatoms. The number of carbonyl (C=O) groups excluding carboxylic acids is 1. The third kappa shape index (κ3) is 4.17. The predicted molar refractivity (Wildman–Crippen MR) is 111 cm³/mol. The first-order valence-electron chi connectivity index (χ1n) is 9.27. The summed E-state index contributed by atoms with van der Waals surface area (Å²) in [5.74, 6) is -0.896. The quantitative estimate of drug-likeness (QED) is 0.679. The summed E-state index contributed by atoms with van der Waals surface area (Å²) in [7, 11) is -3.68. The Morgan fingerprint density at radius 2 is 1.86 bits per heavy atom. The Balaban J connectivity index is 1.39. The van der Waals surface area contributed by atoms with E-state index in [1.165, 1.54) is 27.8 Å². The molecule has 1 aliphatic rings. The molecule has 0 aliphatic carbocycles. The van der Waals surface area contributed by atoms with Crippen molar-refractivity contribution in [3.05, 3.63) is 53.8 Å². The van der Waals surface area contributed by atoms with Crippen molar-refractivity contribution in [2.45, 2.75) is 24.7 Å². The van der Waals surface area contributed by atoms with Gasteiger partial charge in [-0.25, -0.2) is 17.8 Å². The van der Waals surface area contributed by atoms with E-state index in [0.29, 0.717) is 18.0 Å². The molecular formula is C20H20FN3O3S2. The average Bonchev–Trinajstić information content (AvgIpc) is 3.09. The van der Waals surface area contributed by atoms with Crippen molar-refractivity contribution in [2.75, 3.05) is 18.4 Å². The maximum absolute atomic E-state index is 13.1. The molecule has 3 aromatic rings. The molecule has 6 nitrogen and oxygen atoms in total. The number of nitrogens with zero attached hydrogens (tertiary/aromatic N) is 2. The Bertz CT molecular complexity index is 1150. The van der Waals surface area contributed by atoms with Gasteiger partial charge in [0.25, 0.3) is 0 Å². The molecule has 2 heterocycles. The molecule has 152 valence electrons. The van der Waals surface area contributed by atoms with Gasteiger partial charge in [0, 0.05) is 19.0 Å². The number of halogens is 1. The number of rotatable bonds is 4. The van der Waals surface area contributed by atoms with Crippen molar-refractivity contribution < 1.29 is 17.6 Å². The smallest absolute Gasteiger partial charge is 0.243 e. The number of sulfonamides is 1. The number of aromatic nitrogens is 1. The van der Waals surface area contributed by atoms with Crippen molar-refractivity contribution in [1.82, 2.24) is 9.29 Å². The number of thiazole rings is 1. The van der Waals surface area contributed by atoms with Crippen LogP contribution in [-0.4, -0.2) is 36.7 Å². The molecule has 1 amide bonds. The zero-order valence-corrected chi connectivity index (χ0v) is 17.4. The zero-order chi connectivity index (χ0) is 20.6. The lowest BCUT2D eigenvalue weighted by molar-refractivity contribution is -0.120. The highest BCUT2D eigenvalue weighted by atomic mass is 32.2. The maximum atomic E-state index is 13.1. The molecular weight excluding hydrogens is 413 g/mol. The van der Waals surface area contributed by atoms with Gasteiger partial charge in [-0.2, -0.15) is 4.31 Å². The lowest BCUT2D eigenvalue weighted by atomic mass is 9.97. The normalized spacial score (nSPS) is 16.2. The Labute approximate surface area is 172 Å². The van der Waals surface area contributed by atoms with Crippen molar-refractivity contribution >= 4 is 42.6 Å². The van der Waals surface area contributed by atoms with E-state index in [-0.39, 0.29) is 29.8 Å². The zero-order valence-electron chi connectivity index (χ0n) is 15.8. The highest BCUT2D eigenvalue weighted by Gasteiger charge is 2.32. The summed E-state index contributed by atoms with van der Waals surface area (Å²) in [6, 6.07) is 10.7. The third-order valence-electron chi connectivity index (χ3n) is 5.05. The number of hydrogen-bond donors (Lipinski definition) is 1. The van der Waals surface area contributed by atoms with Crippen LogP contribution >= 0.6 is 11.3 Å². The van der Waals surface area contributed by atoms with E-state index in [4.69, 9.17) is 0 Å². The van der Waals surface area contributed by atoms with E-state index >= 15 is 0 Å². The van der Waals surface area contributed by atoms with E-state index in [2.05, 4.69) is 10.3 Å². The molecule has 1 aliphatic heterocycles. The number of nitrogens with one attached hydrogen (secondary N) is 1. The summed E-state index contributed by atoms with van der Waals surface area (Å²) in [6.45, 7) is 2.50. The van der Waals surface area contributed by atoms with Gasteiger partial charge in [-0.05, 0) is 61.7 Å². The fourth-order valence-electron chi connectivity index (χ4n) is 3.41. The van der Waals surface area contributed by atoms with Gasteiger partial charge in [0.05, 0.1) is 15.1 Å². The second-order valence-corrected chi connectivity index (χ2v) is 10.1. The van der Waals surface area contributed by atoms with Crippen LogP contribution in [-0.2, 0) is 14.8 Å². The number of aryl methyl sites for hydroxylation is 1. The minimum absolute atomic E-state index is 0.0616. The first kappa shape index (κ1) is 19.9. The van der Waals surface area contributed by atoms with Crippen LogP contribution in [0.3, 0.4) is 0 Å². The topological polar surface area (TPSA) is 79.4 Å². The third-order valence-corrected chi connectivity index (χ3v) is 7.90. The van der Waals surface area contributed by atoms with Crippen molar-refractivity contribution in [1.29, 1.82) is 0 Å². The van der Waals surface area contributed by atoms with E-state index in [1.807, 2.05) is 25.1 Å². The first-order valence-corrected chi connectivity index (χ1v) is 11.5. The number of amides is 1. The molecule has 29 heavy (non-hydrogen) atoms. The second-order valence-electron chi connectivity index (χ2n) is 7.11. The Hall–Kier alpha value is -2.36. The van der Waals surface area contributed by atoms with Crippen LogP contribution in [0.1, 0.15) is 18.4 Å². The van der Waals surface area contributed by atoms with Crippen LogP contribution in [0.15, 0.2) is 47.4 Å². The minimum atomic E-state index is -3.68. The summed E-state index contributed by atoms with van der Waals surface area (Å²) in [6.07, 6.45) is 0.854. The highest BCUT2D eigenvalue weighted by molar-refractivity contribution is 7.89. The van der Waals surface area contributed by atoms with Gasteiger partial charge in [0.15, 0.2) is 5.13 Å². The largest absolute Gasteiger partial charge is 0.302 e. The fraction of sp³-hybridized carbons (Fsp3) is 0.300. The van der Waals surface area contributed by atoms with Gasteiger partial charge in [-0.15, -0.1) is 0 Å². The molecule has 1 N–H and O–H groups in total. The maximum Gasteiger partial charge on any atom is 0.243 e. The van der Waals surface area contributed by atoms with Crippen LogP contribution in [0.2, 0.25) is 0 Å². The lowest BCUT2D eigenvalue weighted by Gasteiger charge is -2.30. The Morgan fingerprint density at radius 3 is 2.55 bits per heavy atom. The van der Waals surface area contributed by atoms with E-state index in [1.54, 1.807) is 0 Å². The van der Waals surface area contributed by atoms with Crippen LogP contribution in [0.5, 0.6) is 0 Å².